The number of carbonyl (C=O) groups excluding carboxylic acids is 3. The van der Waals surface area contributed by atoms with Gasteiger partial charge in [0, 0.05) is 22.0 Å². The van der Waals surface area contributed by atoms with Gasteiger partial charge in [0.2, 0.25) is 17.7 Å². The van der Waals surface area contributed by atoms with Crippen molar-refractivity contribution in [3.63, 3.8) is 0 Å². The predicted molar refractivity (Wildman–Crippen MR) is 160 cm³/mol. The van der Waals surface area contributed by atoms with E-state index in [1.807, 2.05) is 62.4 Å². The fourth-order valence-electron chi connectivity index (χ4n) is 5.51. The molecule has 0 radical (unpaired) electrons. The summed E-state index contributed by atoms with van der Waals surface area (Å²) in [5, 5.41) is 2.65. The van der Waals surface area contributed by atoms with Crippen molar-refractivity contribution in [1.29, 1.82) is 0 Å². The zero-order valence-corrected chi connectivity index (χ0v) is 24.3. The van der Waals surface area contributed by atoms with Crippen LogP contribution < -0.4 is 19.8 Å². The van der Waals surface area contributed by atoms with Crippen LogP contribution in [-0.4, -0.2) is 34.6 Å². The van der Waals surface area contributed by atoms with E-state index in [1.165, 1.54) is 21.2 Å². The van der Waals surface area contributed by atoms with Crippen molar-refractivity contribution in [1.82, 2.24) is 4.57 Å². The van der Waals surface area contributed by atoms with Crippen LogP contribution in [0.15, 0.2) is 82.6 Å². The molecule has 3 heterocycles. The average Bonchev–Trinajstić information content (AvgIpc) is 3.41. The van der Waals surface area contributed by atoms with Gasteiger partial charge in [0.15, 0.2) is 0 Å². The molecule has 10 heteroatoms. The number of ether oxygens (including phenoxy) is 1. The van der Waals surface area contributed by atoms with Crippen LogP contribution in [0.4, 0.5) is 11.4 Å². The molecule has 208 valence electrons. The molecule has 4 aromatic rings. The van der Waals surface area contributed by atoms with Crippen LogP contribution >= 0.6 is 23.1 Å². The average molecular weight is 586 g/mol. The van der Waals surface area contributed by atoms with Crippen molar-refractivity contribution in [3.8, 4) is 5.75 Å². The SMILES string of the molecule is COc1ccccc1[C@H]1c2sc(=O)n(CC(=O)Nc3ccccc3C)c2SC2C(=O)N(c3ccc(C)cc3)C(=O)C21. The van der Waals surface area contributed by atoms with E-state index in [4.69, 9.17) is 4.74 Å². The lowest BCUT2D eigenvalue weighted by atomic mass is 9.82. The summed E-state index contributed by atoms with van der Waals surface area (Å²) in [5.74, 6) is -1.79. The van der Waals surface area contributed by atoms with E-state index < -0.39 is 17.1 Å². The van der Waals surface area contributed by atoms with Crippen LogP contribution in [0.3, 0.4) is 0 Å². The Hall–Kier alpha value is -4.15. The number of aryl methyl sites for hydroxylation is 2. The number of nitrogens with one attached hydrogen (secondary N) is 1. The number of fused-ring (bicyclic) bond motifs is 2. The van der Waals surface area contributed by atoms with Gasteiger partial charge in [-0.05, 0) is 43.7 Å². The number of imide groups is 1. The van der Waals surface area contributed by atoms with Gasteiger partial charge in [-0.2, -0.15) is 0 Å². The van der Waals surface area contributed by atoms with E-state index in [1.54, 1.807) is 31.4 Å². The molecule has 3 amide bonds. The first-order valence-electron chi connectivity index (χ1n) is 13.1. The Morgan fingerprint density at radius 3 is 2.37 bits per heavy atom. The number of carbonyl (C=O) groups is 3. The van der Waals surface area contributed by atoms with Gasteiger partial charge in [-0.25, -0.2) is 4.90 Å². The maximum Gasteiger partial charge on any atom is 0.308 e. The second-order valence-corrected chi connectivity index (χ2v) is 12.2. The molecule has 2 aliphatic rings. The minimum Gasteiger partial charge on any atom is -0.496 e. The van der Waals surface area contributed by atoms with E-state index in [0.717, 1.165) is 28.0 Å². The summed E-state index contributed by atoms with van der Waals surface area (Å²) >= 11 is 2.20. The first-order chi connectivity index (χ1) is 19.8. The summed E-state index contributed by atoms with van der Waals surface area (Å²) in [7, 11) is 1.55. The van der Waals surface area contributed by atoms with Crippen LogP contribution in [-0.2, 0) is 20.9 Å². The Balaban J connectivity index is 1.44. The third-order valence-corrected chi connectivity index (χ3v) is 10.1. The van der Waals surface area contributed by atoms with Gasteiger partial charge < -0.3 is 10.1 Å². The molecule has 6 rings (SSSR count). The van der Waals surface area contributed by atoms with Crippen molar-refractivity contribution < 1.29 is 19.1 Å². The van der Waals surface area contributed by atoms with Gasteiger partial charge in [-0.3, -0.25) is 23.7 Å². The molecule has 3 aromatic carbocycles. The molecular weight excluding hydrogens is 558 g/mol. The topological polar surface area (TPSA) is 97.7 Å². The quantitative estimate of drug-likeness (QED) is 0.321. The first kappa shape index (κ1) is 27.0. The molecule has 0 spiro atoms. The Morgan fingerprint density at radius 1 is 0.927 bits per heavy atom. The molecule has 3 atom stereocenters. The molecule has 41 heavy (non-hydrogen) atoms. The first-order valence-corrected chi connectivity index (χ1v) is 14.8. The Labute approximate surface area is 245 Å². The summed E-state index contributed by atoms with van der Waals surface area (Å²) in [5.41, 5.74) is 3.82. The van der Waals surface area contributed by atoms with Crippen molar-refractivity contribution in [2.75, 3.05) is 17.3 Å². The monoisotopic (exact) mass is 585 g/mol. The maximum absolute atomic E-state index is 14.0. The Bertz CT molecular complexity index is 1740. The number of benzene rings is 3. The lowest BCUT2D eigenvalue weighted by Gasteiger charge is -2.31. The fraction of sp³-hybridized carbons (Fsp3) is 0.226. The van der Waals surface area contributed by atoms with E-state index in [0.29, 0.717) is 27.0 Å². The van der Waals surface area contributed by atoms with Gasteiger partial charge in [-0.15, -0.1) is 0 Å². The van der Waals surface area contributed by atoms with Gasteiger partial charge >= 0.3 is 4.87 Å². The number of hydrogen-bond donors (Lipinski definition) is 1. The van der Waals surface area contributed by atoms with E-state index >= 15 is 0 Å². The minimum atomic E-state index is -0.772. The zero-order valence-electron chi connectivity index (χ0n) is 22.6. The highest BCUT2D eigenvalue weighted by Crippen LogP contribution is 2.55. The summed E-state index contributed by atoms with van der Waals surface area (Å²) < 4.78 is 7.09. The summed E-state index contributed by atoms with van der Waals surface area (Å²) in [6, 6.07) is 22.0. The highest BCUT2D eigenvalue weighted by Gasteiger charge is 2.57. The van der Waals surface area contributed by atoms with Crippen molar-refractivity contribution in [2.24, 2.45) is 5.92 Å². The van der Waals surface area contributed by atoms with Crippen LogP contribution in [0.2, 0.25) is 0 Å². The van der Waals surface area contributed by atoms with E-state index in [-0.39, 0.29) is 29.1 Å². The predicted octanol–water partition coefficient (Wildman–Crippen LogP) is 4.97. The van der Waals surface area contributed by atoms with Crippen LogP contribution in [0.5, 0.6) is 5.75 Å². The van der Waals surface area contributed by atoms with Gasteiger partial charge in [-0.1, -0.05) is 77.2 Å². The number of methoxy groups -OCH3 is 1. The second kappa shape index (κ2) is 10.7. The third kappa shape index (κ3) is 4.66. The largest absolute Gasteiger partial charge is 0.496 e. The zero-order chi connectivity index (χ0) is 28.8. The highest BCUT2D eigenvalue weighted by molar-refractivity contribution is 8.00. The van der Waals surface area contributed by atoms with Crippen molar-refractivity contribution in [3.05, 3.63) is 104 Å². The van der Waals surface area contributed by atoms with Gasteiger partial charge in [0.1, 0.15) is 17.5 Å². The number of rotatable bonds is 6. The third-order valence-electron chi connectivity index (χ3n) is 7.54. The van der Waals surface area contributed by atoms with Gasteiger partial charge in [0.05, 0.1) is 23.7 Å². The summed E-state index contributed by atoms with van der Waals surface area (Å²) in [6.45, 7) is 3.62. The Kier molecular flexibility index (Phi) is 7.04. The second-order valence-electron chi connectivity index (χ2n) is 10.1. The van der Waals surface area contributed by atoms with Gasteiger partial charge in [0.25, 0.3) is 0 Å². The summed E-state index contributed by atoms with van der Waals surface area (Å²) in [6.07, 6.45) is 0. The maximum atomic E-state index is 14.0. The number of amides is 3. The molecular formula is C31H27N3O5S2. The van der Waals surface area contributed by atoms with E-state index in [2.05, 4.69) is 5.32 Å². The van der Waals surface area contributed by atoms with Crippen molar-refractivity contribution in [2.45, 2.75) is 36.6 Å². The molecule has 1 N–H and O–H groups in total. The number of thiazole rings is 1. The molecule has 0 aliphatic carbocycles. The molecule has 0 saturated carbocycles. The lowest BCUT2D eigenvalue weighted by Crippen LogP contribution is -2.33. The molecule has 1 saturated heterocycles. The number of thioether (sulfide) groups is 1. The van der Waals surface area contributed by atoms with E-state index in [9.17, 15) is 19.2 Å². The van der Waals surface area contributed by atoms with Crippen LogP contribution in [0, 0.1) is 19.8 Å². The molecule has 1 aromatic heterocycles. The minimum absolute atomic E-state index is 0.216. The number of anilines is 2. The number of para-hydroxylation sites is 2. The number of hydrogen-bond acceptors (Lipinski definition) is 7. The standard InChI is InChI=1S/C31H27N3O5S2/c1-17-12-14-19(15-13-17)34-28(36)25-24(20-9-5-7-11-22(20)39-3)27-30(40-26(25)29(34)37)33(31(38)41-27)16-23(35)32-21-10-6-4-8-18(21)2/h4-15,24-26H,16H2,1-3H3,(H,32,35)/t24-,25?,26?/m1/s1. The normalized spacial score (nSPS) is 19.6. The summed E-state index contributed by atoms with van der Waals surface area (Å²) in [4.78, 5) is 56.0. The fourth-order valence-corrected chi connectivity index (χ4v) is 8.27. The van der Waals surface area contributed by atoms with Crippen molar-refractivity contribution >= 4 is 52.2 Å². The molecule has 2 unspecified atom stereocenters. The molecule has 8 nitrogen and oxygen atoms in total. The molecule has 1 fully saturated rings. The molecule has 0 bridgehead atoms. The van der Waals surface area contributed by atoms with Crippen LogP contribution in [0.1, 0.15) is 27.5 Å². The lowest BCUT2D eigenvalue weighted by molar-refractivity contribution is -0.122. The Morgan fingerprint density at radius 2 is 1.63 bits per heavy atom. The molecule has 2 aliphatic heterocycles. The number of aromatic nitrogens is 1. The highest BCUT2D eigenvalue weighted by atomic mass is 32.2. The smallest absolute Gasteiger partial charge is 0.308 e. The number of nitrogens with zero attached hydrogens (tertiary/aromatic N) is 2. The van der Waals surface area contributed by atoms with Crippen LogP contribution in [0.25, 0.3) is 0 Å².